The lowest BCUT2D eigenvalue weighted by Gasteiger charge is -1.96. The van der Waals surface area contributed by atoms with E-state index >= 15 is 0 Å². The van der Waals surface area contributed by atoms with Crippen molar-refractivity contribution in [2.75, 3.05) is 0 Å². The molecule has 1 N–H and O–H groups in total. The van der Waals surface area contributed by atoms with E-state index in [1.165, 1.54) is 0 Å². The second-order valence-corrected chi connectivity index (χ2v) is 1.98. The number of rotatable bonds is 2. The highest BCUT2D eigenvalue weighted by molar-refractivity contribution is 5.03. The van der Waals surface area contributed by atoms with Crippen LogP contribution in [-0.4, -0.2) is 11.2 Å². The number of aliphatic hydroxyl groups excluding tert-OH is 1. The molecule has 0 amide bonds. The van der Waals surface area contributed by atoms with Crippen LogP contribution in [0.1, 0.15) is 33.1 Å². The summed E-state index contributed by atoms with van der Waals surface area (Å²) in [6.45, 7) is 4.02. The Hall–Kier alpha value is -0.480. The topological polar surface area (TPSA) is 20.2 Å². The van der Waals surface area contributed by atoms with Crippen molar-refractivity contribution < 1.29 is 5.11 Å². The monoisotopic (exact) mass is 126 g/mol. The van der Waals surface area contributed by atoms with Crippen LogP contribution in [0.25, 0.3) is 0 Å². The molecule has 0 bridgehead atoms. The van der Waals surface area contributed by atoms with Crippen LogP contribution in [-0.2, 0) is 0 Å². The lowest BCUT2D eigenvalue weighted by atomic mass is 10.2. The second-order valence-electron chi connectivity index (χ2n) is 1.98. The molecule has 0 unspecified atom stereocenters. The SMILES string of the molecule is CCC#C[C@@H](O)CCC. The van der Waals surface area contributed by atoms with Crippen LogP contribution < -0.4 is 0 Å². The minimum absolute atomic E-state index is 0.394. The summed E-state index contributed by atoms with van der Waals surface area (Å²) in [4.78, 5) is 0. The summed E-state index contributed by atoms with van der Waals surface area (Å²) in [6.07, 6.45) is 2.24. The molecule has 1 heteroatoms. The first-order chi connectivity index (χ1) is 4.31. The zero-order chi connectivity index (χ0) is 7.11. The minimum Gasteiger partial charge on any atom is -0.380 e. The summed E-state index contributed by atoms with van der Waals surface area (Å²) in [5, 5.41) is 9.01. The molecule has 0 aromatic carbocycles. The van der Waals surface area contributed by atoms with Gasteiger partial charge in [-0.3, -0.25) is 0 Å². The fourth-order valence-corrected chi connectivity index (χ4v) is 0.565. The highest BCUT2D eigenvalue weighted by Crippen LogP contribution is 1.92. The molecule has 0 aliphatic heterocycles. The van der Waals surface area contributed by atoms with Crippen molar-refractivity contribution in [1.82, 2.24) is 0 Å². The minimum atomic E-state index is -0.394. The first-order valence-electron chi connectivity index (χ1n) is 3.47. The second kappa shape index (κ2) is 5.65. The first-order valence-corrected chi connectivity index (χ1v) is 3.47. The van der Waals surface area contributed by atoms with Crippen molar-refractivity contribution >= 4 is 0 Å². The van der Waals surface area contributed by atoms with Crippen molar-refractivity contribution in [3.8, 4) is 11.8 Å². The van der Waals surface area contributed by atoms with Gasteiger partial charge in [0.25, 0.3) is 0 Å². The van der Waals surface area contributed by atoms with Crippen LogP contribution in [0.15, 0.2) is 0 Å². The zero-order valence-electron chi connectivity index (χ0n) is 6.15. The maximum atomic E-state index is 9.01. The molecular weight excluding hydrogens is 112 g/mol. The maximum Gasteiger partial charge on any atom is 0.114 e. The van der Waals surface area contributed by atoms with Gasteiger partial charge in [-0.05, 0) is 6.42 Å². The predicted octanol–water partition coefficient (Wildman–Crippen LogP) is 1.56. The molecule has 0 heterocycles. The Morgan fingerprint density at radius 2 is 2.11 bits per heavy atom. The van der Waals surface area contributed by atoms with E-state index in [1.54, 1.807) is 0 Å². The lowest BCUT2D eigenvalue weighted by molar-refractivity contribution is 0.221. The predicted molar refractivity (Wildman–Crippen MR) is 39.0 cm³/mol. The Morgan fingerprint density at radius 3 is 2.56 bits per heavy atom. The van der Waals surface area contributed by atoms with Gasteiger partial charge >= 0.3 is 0 Å². The van der Waals surface area contributed by atoms with Crippen molar-refractivity contribution in [3.63, 3.8) is 0 Å². The molecule has 0 radical (unpaired) electrons. The molecule has 0 fully saturated rings. The van der Waals surface area contributed by atoms with E-state index in [4.69, 9.17) is 5.11 Å². The summed E-state index contributed by atoms with van der Waals surface area (Å²) in [5.74, 6) is 5.57. The van der Waals surface area contributed by atoms with Crippen LogP contribution in [0.5, 0.6) is 0 Å². The molecule has 0 saturated carbocycles. The first kappa shape index (κ1) is 8.52. The number of aliphatic hydroxyl groups is 1. The zero-order valence-corrected chi connectivity index (χ0v) is 6.15. The Kier molecular flexibility index (Phi) is 5.35. The van der Waals surface area contributed by atoms with Crippen LogP contribution in [0.3, 0.4) is 0 Å². The Bertz CT molecular complexity index is 107. The Morgan fingerprint density at radius 1 is 1.44 bits per heavy atom. The number of hydrogen-bond donors (Lipinski definition) is 1. The summed E-state index contributed by atoms with van der Waals surface area (Å²) >= 11 is 0. The average molecular weight is 126 g/mol. The van der Waals surface area contributed by atoms with Crippen molar-refractivity contribution in [2.45, 2.75) is 39.2 Å². The van der Waals surface area contributed by atoms with Gasteiger partial charge in [0.05, 0.1) is 0 Å². The largest absolute Gasteiger partial charge is 0.380 e. The molecule has 1 nitrogen and oxygen atoms in total. The van der Waals surface area contributed by atoms with Crippen LogP contribution in [0, 0.1) is 11.8 Å². The maximum absolute atomic E-state index is 9.01. The van der Waals surface area contributed by atoms with Gasteiger partial charge in [0.2, 0.25) is 0 Å². The Balaban J connectivity index is 3.36. The molecular formula is C8H14O. The Labute approximate surface area is 57.1 Å². The molecule has 52 valence electrons. The third-order valence-electron chi connectivity index (χ3n) is 1.01. The quantitative estimate of drug-likeness (QED) is 0.557. The van der Waals surface area contributed by atoms with E-state index in [0.717, 1.165) is 19.3 Å². The van der Waals surface area contributed by atoms with E-state index < -0.39 is 6.10 Å². The standard InChI is InChI=1S/C8H14O/c1-3-5-7-8(9)6-4-2/h8-9H,3-4,6H2,1-2H3/t8-/m0/s1. The van der Waals surface area contributed by atoms with Crippen LogP contribution >= 0.6 is 0 Å². The van der Waals surface area contributed by atoms with Gasteiger partial charge < -0.3 is 5.11 Å². The van der Waals surface area contributed by atoms with E-state index in [-0.39, 0.29) is 0 Å². The molecule has 1 atom stereocenters. The normalized spacial score (nSPS) is 11.9. The third-order valence-corrected chi connectivity index (χ3v) is 1.01. The van der Waals surface area contributed by atoms with E-state index in [1.807, 2.05) is 13.8 Å². The fraction of sp³-hybridized carbons (Fsp3) is 0.750. The molecule has 0 spiro atoms. The highest BCUT2D eigenvalue weighted by atomic mass is 16.3. The molecule has 0 saturated heterocycles. The summed E-state index contributed by atoms with van der Waals surface area (Å²) in [6, 6.07) is 0. The van der Waals surface area contributed by atoms with E-state index in [9.17, 15) is 0 Å². The molecule has 9 heavy (non-hydrogen) atoms. The summed E-state index contributed by atoms with van der Waals surface area (Å²) < 4.78 is 0. The van der Waals surface area contributed by atoms with E-state index in [2.05, 4.69) is 11.8 Å². The molecule has 0 aliphatic carbocycles. The molecule has 0 aliphatic rings. The molecule has 0 rings (SSSR count). The van der Waals surface area contributed by atoms with Gasteiger partial charge in [-0.2, -0.15) is 0 Å². The average Bonchev–Trinajstić information content (AvgIpc) is 1.85. The lowest BCUT2D eigenvalue weighted by Crippen LogP contribution is -2.00. The van der Waals surface area contributed by atoms with E-state index in [0.29, 0.717) is 0 Å². The van der Waals surface area contributed by atoms with Crippen LogP contribution in [0.4, 0.5) is 0 Å². The van der Waals surface area contributed by atoms with Gasteiger partial charge in [0.15, 0.2) is 0 Å². The van der Waals surface area contributed by atoms with Crippen molar-refractivity contribution in [2.24, 2.45) is 0 Å². The van der Waals surface area contributed by atoms with Gasteiger partial charge in [0, 0.05) is 6.42 Å². The smallest absolute Gasteiger partial charge is 0.114 e. The summed E-state index contributed by atoms with van der Waals surface area (Å²) in [7, 11) is 0. The third kappa shape index (κ3) is 5.39. The molecule has 0 aromatic heterocycles. The van der Waals surface area contributed by atoms with Crippen molar-refractivity contribution in [3.05, 3.63) is 0 Å². The summed E-state index contributed by atoms with van der Waals surface area (Å²) in [5.41, 5.74) is 0. The number of hydrogen-bond acceptors (Lipinski definition) is 1. The van der Waals surface area contributed by atoms with Gasteiger partial charge in [-0.15, -0.1) is 5.92 Å². The van der Waals surface area contributed by atoms with Crippen LogP contribution in [0.2, 0.25) is 0 Å². The highest BCUT2D eigenvalue weighted by Gasteiger charge is 1.92. The van der Waals surface area contributed by atoms with Gasteiger partial charge in [-0.1, -0.05) is 26.2 Å². The molecule has 0 aromatic rings. The van der Waals surface area contributed by atoms with Gasteiger partial charge in [-0.25, -0.2) is 0 Å². The van der Waals surface area contributed by atoms with Crippen molar-refractivity contribution in [1.29, 1.82) is 0 Å². The van der Waals surface area contributed by atoms with Gasteiger partial charge in [0.1, 0.15) is 6.10 Å². The fourth-order valence-electron chi connectivity index (χ4n) is 0.565.